The molecule has 1 atom stereocenters. The Morgan fingerprint density at radius 1 is 0.716 bits per heavy atom. The van der Waals surface area contributed by atoms with Crippen LogP contribution in [0.1, 0.15) is 52.9 Å². The Morgan fingerprint density at radius 2 is 1.19 bits per heavy atom. The van der Waals surface area contributed by atoms with Crippen LogP contribution in [0.4, 0.5) is 5.82 Å². The molecule has 1 saturated carbocycles. The maximum Gasteiger partial charge on any atom is 0.260 e. The van der Waals surface area contributed by atoms with Gasteiger partial charge in [-0.15, -0.1) is 24.8 Å². The Balaban J connectivity index is 0.000000172. The molecule has 9 aromatic rings. The molecule has 1 aliphatic rings. The lowest BCUT2D eigenvalue weighted by atomic mass is 9.93. The summed E-state index contributed by atoms with van der Waals surface area (Å²) in [6, 6.07) is 19.0. The Morgan fingerprint density at radius 3 is 1.70 bits per heavy atom. The predicted octanol–water partition coefficient (Wildman–Crippen LogP) is 9.33. The van der Waals surface area contributed by atoms with Crippen LogP contribution in [0.2, 0.25) is 5.15 Å². The third-order valence-electron chi connectivity index (χ3n) is 10.4. The first kappa shape index (κ1) is 50.9. The van der Waals surface area contributed by atoms with Gasteiger partial charge in [0.2, 0.25) is 0 Å². The summed E-state index contributed by atoms with van der Waals surface area (Å²) < 4.78 is 0. The predicted molar refractivity (Wildman–Crippen MR) is 265 cm³/mol. The highest BCUT2D eigenvalue weighted by molar-refractivity contribution is 6.34. The fourth-order valence-corrected chi connectivity index (χ4v) is 7.24. The number of anilines is 1. The Labute approximate surface area is 402 Å². The molecule has 10 rings (SSSR count). The second kappa shape index (κ2) is 24.4. The van der Waals surface area contributed by atoms with Gasteiger partial charge in [0.15, 0.2) is 11.6 Å². The number of carbonyl (C=O) groups excluding carboxylic acids is 1. The van der Waals surface area contributed by atoms with E-state index in [1.165, 1.54) is 6.92 Å². The third kappa shape index (κ3) is 13.5. The maximum absolute atomic E-state index is 11.7. The Kier molecular flexibility index (Phi) is 18.6. The maximum atomic E-state index is 11.7. The van der Waals surface area contributed by atoms with E-state index >= 15 is 0 Å². The second-order valence-electron chi connectivity index (χ2n) is 15.6. The average molecular weight is 964 g/mol. The Bertz CT molecular complexity index is 3060. The van der Waals surface area contributed by atoms with Gasteiger partial charge < -0.3 is 30.4 Å². The molecule has 1 aliphatic carbocycles. The minimum absolute atomic E-state index is 0. The summed E-state index contributed by atoms with van der Waals surface area (Å²) in [5.74, 6) is 2.69. The van der Waals surface area contributed by atoms with E-state index in [4.69, 9.17) is 21.8 Å². The van der Waals surface area contributed by atoms with Gasteiger partial charge in [-0.1, -0.05) is 25.4 Å². The van der Waals surface area contributed by atoms with Crippen molar-refractivity contribution >= 4 is 81.1 Å². The molecule has 9 heterocycles. The number of aromatic nitrogens is 12. The molecule has 0 amide bonds. The highest BCUT2D eigenvalue weighted by Gasteiger charge is 2.21. The molecule has 6 N–H and O–H groups in total. The topological polar surface area (TPSA) is 256 Å². The SMILES string of the molecule is CC(=O)C(C#N)CC(C)C.Cl.Cl.Clc1nc(-c2ccncc2)nc2[nH]ccc12.O=c1[nH]c(-c2ccncc2)nc2[nH]ccc12.OC1CCC(Nc2nc(-c3ccncc3)nc3[nH]ccc23)CC1. The van der Waals surface area contributed by atoms with Gasteiger partial charge in [0.25, 0.3) is 5.56 Å². The summed E-state index contributed by atoms with van der Waals surface area (Å²) in [4.78, 5) is 68.4. The van der Waals surface area contributed by atoms with Gasteiger partial charge in [-0.3, -0.25) is 24.5 Å². The Hall–Kier alpha value is -7.10. The number of aromatic amines is 4. The summed E-state index contributed by atoms with van der Waals surface area (Å²) in [6.07, 6.45) is 19.7. The molecule has 0 saturated heterocycles. The zero-order valence-corrected chi connectivity index (χ0v) is 39.1. The molecule has 0 bridgehead atoms. The summed E-state index contributed by atoms with van der Waals surface area (Å²) in [5.41, 5.74) is 4.70. The normalized spacial score (nSPS) is 14.4. The van der Waals surface area contributed by atoms with Gasteiger partial charge in [-0.05, 0) is 99.5 Å². The number of Topliss-reactive ketones (excluding diaryl/α,β-unsaturated/α-hetero) is 1. The quantitative estimate of drug-likeness (QED) is 0.0777. The van der Waals surface area contributed by atoms with E-state index in [0.717, 1.165) is 70.3 Å². The van der Waals surface area contributed by atoms with Crippen LogP contribution in [0.15, 0.2) is 115 Å². The molecule has 0 aromatic carbocycles. The molecular formula is C47H49Cl3N14O3. The largest absolute Gasteiger partial charge is 0.393 e. The van der Waals surface area contributed by atoms with Crippen LogP contribution < -0.4 is 10.9 Å². The van der Waals surface area contributed by atoms with Crippen molar-refractivity contribution in [3.8, 4) is 40.2 Å². The van der Waals surface area contributed by atoms with Gasteiger partial charge in [0.1, 0.15) is 45.4 Å². The van der Waals surface area contributed by atoms with E-state index in [1.807, 2.05) is 62.5 Å². The van der Waals surface area contributed by atoms with Crippen molar-refractivity contribution in [3.05, 3.63) is 126 Å². The third-order valence-corrected chi connectivity index (χ3v) is 10.7. The van der Waals surface area contributed by atoms with Crippen LogP contribution in [-0.4, -0.2) is 82.8 Å². The highest BCUT2D eigenvalue weighted by atomic mass is 35.5. The second-order valence-corrected chi connectivity index (χ2v) is 16.0. The van der Waals surface area contributed by atoms with Crippen LogP contribution in [0.3, 0.4) is 0 Å². The van der Waals surface area contributed by atoms with E-state index in [-0.39, 0.29) is 48.2 Å². The van der Waals surface area contributed by atoms with Crippen LogP contribution in [-0.2, 0) is 4.79 Å². The van der Waals surface area contributed by atoms with Crippen molar-refractivity contribution in [1.82, 2.24) is 59.8 Å². The zero-order chi connectivity index (χ0) is 45.7. The fraction of sp³-hybridized carbons (Fsp3) is 0.255. The summed E-state index contributed by atoms with van der Waals surface area (Å²) >= 11 is 6.07. The summed E-state index contributed by atoms with van der Waals surface area (Å²) in [7, 11) is 0. The molecule has 67 heavy (non-hydrogen) atoms. The minimum atomic E-state index is -0.389. The standard InChI is InChI=1S/C17H19N5O.C11H7ClN4.C11H8N4O.C8H13NO.2ClH/c23-13-3-1-12(2-4-13)20-17-14-7-10-19-16(14)21-15(22-17)11-5-8-18-9-6-11;12-9-8-3-6-14-11(8)16-10(15-9)7-1-4-13-5-2-7;16-11-8-3-6-13-10(8)14-9(15-11)7-1-4-12-5-2-7;1-6(2)4-8(5-9)7(3)10;;/h5-10,12-13,23H,1-4H2,(H2,19,20,21,22);1-6H,(H,14,15,16);1-6H,(H2,13,14,15,16);6,8H,4H2,1-3H3;2*1H. The molecule has 0 radical (unpaired) electrons. The lowest BCUT2D eigenvalue weighted by Gasteiger charge is -2.26. The molecule has 0 aliphatic heterocycles. The van der Waals surface area contributed by atoms with E-state index in [0.29, 0.717) is 52.0 Å². The summed E-state index contributed by atoms with van der Waals surface area (Å²) in [5, 5.41) is 24.5. The first-order valence-corrected chi connectivity index (χ1v) is 21.4. The first-order chi connectivity index (χ1) is 31.6. The van der Waals surface area contributed by atoms with Crippen LogP contribution in [0.25, 0.3) is 67.3 Å². The first-order valence-electron chi connectivity index (χ1n) is 21.0. The summed E-state index contributed by atoms with van der Waals surface area (Å²) in [6.45, 7) is 5.48. The number of rotatable bonds is 8. The number of H-pyrrole nitrogens is 4. The number of hydrogen-bond acceptors (Lipinski definition) is 13. The van der Waals surface area contributed by atoms with Crippen molar-refractivity contribution < 1.29 is 9.90 Å². The number of pyridine rings is 3. The van der Waals surface area contributed by atoms with Crippen LogP contribution in [0.5, 0.6) is 0 Å². The number of ketones is 1. The van der Waals surface area contributed by atoms with Gasteiger partial charge in [-0.25, -0.2) is 24.9 Å². The molecule has 0 spiro atoms. The molecule has 9 aromatic heterocycles. The number of nitrogens with zero attached hydrogens (tertiary/aromatic N) is 9. The highest BCUT2D eigenvalue weighted by Crippen LogP contribution is 2.28. The molecule has 1 unspecified atom stereocenters. The zero-order valence-electron chi connectivity index (χ0n) is 36.7. The van der Waals surface area contributed by atoms with Crippen molar-refractivity contribution in [2.24, 2.45) is 11.8 Å². The average Bonchev–Trinajstić information content (AvgIpc) is 4.13. The van der Waals surface area contributed by atoms with E-state index in [2.05, 4.69) is 60.1 Å². The van der Waals surface area contributed by atoms with E-state index in [1.54, 1.807) is 67.8 Å². The number of nitriles is 1. The van der Waals surface area contributed by atoms with Gasteiger partial charge in [0.05, 0.1) is 28.3 Å². The number of nitrogens with one attached hydrogen (secondary N) is 5. The molecule has 17 nitrogen and oxygen atoms in total. The molecule has 20 heteroatoms. The van der Waals surface area contributed by atoms with Gasteiger partial charge in [-0.2, -0.15) is 5.26 Å². The van der Waals surface area contributed by atoms with Gasteiger partial charge in [0, 0.05) is 78.5 Å². The van der Waals surface area contributed by atoms with Crippen LogP contribution in [0, 0.1) is 23.2 Å². The number of hydrogen-bond donors (Lipinski definition) is 6. The molecular weight excluding hydrogens is 915 g/mol. The van der Waals surface area contributed by atoms with Crippen LogP contribution >= 0.6 is 36.4 Å². The van der Waals surface area contributed by atoms with Crippen molar-refractivity contribution in [3.63, 3.8) is 0 Å². The monoisotopic (exact) mass is 962 g/mol. The number of aliphatic hydroxyl groups is 1. The smallest absolute Gasteiger partial charge is 0.260 e. The van der Waals surface area contributed by atoms with E-state index < -0.39 is 0 Å². The molecule has 1 fully saturated rings. The molecule has 346 valence electrons. The van der Waals surface area contributed by atoms with Crippen molar-refractivity contribution in [2.75, 3.05) is 5.32 Å². The van der Waals surface area contributed by atoms with Crippen molar-refractivity contribution in [1.29, 1.82) is 5.26 Å². The number of carbonyl (C=O) groups is 1. The van der Waals surface area contributed by atoms with Gasteiger partial charge >= 0.3 is 0 Å². The lowest BCUT2D eigenvalue weighted by Crippen LogP contribution is -2.28. The number of aliphatic hydroxyl groups excluding tert-OH is 1. The minimum Gasteiger partial charge on any atom is -0.393 e. The lowest BCUT2D eigenvalue weighted by molar-refractivity contribution is -0.119. The number of halogens is 3. The fourth-order valence-electron chi connectivity index (χ4n) is 7.01. The van der Waals surface area contributed by atoms with E-state index in [9.17, 15) is 14.7 Å². The van der Waals surface area contributed by atoms with Crippen molar-refractivity contribution in [2.45, 2.75) is 65.0 Å². The number of fused-ring (bicyclic) bond motifs is 3.